The molecule has 1 aliphatic carbocycles. The van der Waals surface area contributed by atoms with E-state index in [2.05, 4.69) is 17.4 Å². The van der Waals surface area contributed by atoms with E-state index in [1.807, 2.05) is 20.8 Å². The Balaban J connectivity index is 2.14. The van der Waals surface area contributed by atoms with Gasteiger partial charge in [-0.2, -0.15) is 0 Å². The Morgan fingerprint density at radius 2 is 2.15 bits per heavy atom. The molecule has 1 unspecified atom stereocenters. The van der Waals surface area contributed by atoms with Crippen molar-refractivity contribution in [3.8, 4) is 0 Å². The highest BCUT2D eigenvalue weighted by Gasteiger charge is 2.51. The summed E-state index contributed by atoms with van der Waals surface area (Å²) >= 11 is 5.10. The van der Waals surface area contributed by atoms with E-state index in [-0.39, 0.29) is 11.9 Å². The number of aryl methyl sites for hydroxylation is 2. The van der Waals surface area contributed by atoms with Crippen LogP contribution < -0.4 is 11.1 Å². The minimum Gasteiger partial charge on any atom is -0.392 e. The highest BCUT2D eigenvalue weighted by Crippen LogP contribution is 2.46. The molecule has 1 atom stereocenters. The van der Waals surface area contributed by atoms with Crippen LogP contribution in [0.25, 0.3) is 0 Å². The maximum Gasteiger partial charge on any atom is 0.233 e. The Morgan fingerprint density at radius 1 is 1.55 bits per heavy atom. The third-order valence-corrected chi connectivity index (χ3v) is 4.56. The summed E-state index contributed by atoms with van der Waals surface area (Å²) in [6.45, 7) is 7.72. The molecule has 0 saturated heterocycles. The molecule has 0 spiro atoms. The molecule has 5 nitrogen and oxygen atoms in total. The first-order valence-electron chi connectivity index (χ1n) is 6.81. The zero-order chi connectivity index (χ0) is 15.1. The first-order valence-corrected chi connectivity index (χ1v) is 7.22. The first-order chi connectivity index (χ1) is 9.28. The summed E-state index contributed by atoms with van der Waals surface area (Å²) in [7, 11) is 0. The lowest BCUT2D eigenvalue weighted by molar-refractivity contribution is -0.133. The third kappa shape index (κ3) is 2.32. The summed E-state index contributed by atoms with van der Waals surface area (Å²) in [5, 5.41) is 6.91. The molecule has 6 heteroatoms. The summed E-state index contributed by atoms with van der Waals surface area (Å²) in [5.74, 6) is 1.12. The van der Waals surface area contributed by atoms with Gasteiger partial charge in [-0.1, -0.05) is 24.3 Å². The fraction of sp³-hybridized carbons (Fsp3) is 0.643. The number of nitrogens with two attached hydrogens (primary N) is 1. The molecular formula is C14H21N3O2S. The quantitative estimate of drug-likeness (QED) is 0.832. The van der Waals surface area contributed by atoms with Crippen molar-refractivity contribution >= 4 is 23.1 Å². The summed E-state index contributed by atoms with van der Waals surface area (Å²) in [5.41, 5.74) is 6.82. The molecule has 0 aliphatic heterocycles. The second-order valence-corrected chi connectivity index (χ2v) is 6.33. The zero-order valence-electron chi connectivity index (χ0n) is 12.3. The molecule has 1 amide bonds. The minimum absolute atomic E-state index is 0.0874. The highest BCUT2D eigenvalue weighted by molar-refractivity contribution is 7.80. The fourth-order valence-electron chi connectivity index (χ4n) is 3.14. The molecule has 0 radical (unpaired) electrons. The average Bonchev–Trinajstić information content (AvgIpc) is 2.63. The van der Waals surface area contributed by atoms with Gasteiger partial charge in [0.2, 0.25) is 5.91 Å². The molecule has 0 bridgehead atoms. The van der Waals surface area contributed by atoms with Crippen LogP contribution in [0.5, 0.6) is 0 Å². The molecular weight excluding hydrogens is 274 g/mol. The van der Waals surface area contributed by atoms with Crippen molar-refractivity contribution in [2.24, 2.45) is 17.1 Å². The van der Waals surface area contributed by atoms with E-state index < -0.39 is 5.41 Å². The van der Waals surface area contributed by atoms with Crippen LogP contribution in [-0.2, 0) is 4.79 Å². The van der Waals surface area contributed by atoms with Gasteiger partial charge in [-0.25, -0.2) is 0 Å². The van der Waals surface area contributed by atoms with Crippen LogP contribution in [0, 0.1) is 25.2 Å². The van der Waals surface area contributed by atoms with Gasteiger partial charge in [0.05, 0.1) is 22.1 Å². The van der Waals surface area contributed by atoms with Gasteiger partial charge < -0.3 is 15.6 Å². The average molecular weight is 295 g/mol. The van der Waals surface area contributed by atoms with E-state index in [4.69, 9.17) is 22.5 Å². The number of thiocarbonyl (C=S) groups is 1. The normalized spacial score (nSPS) is 26.7. The van der Waals surface area contributed by atoms with Crippen LogP contribution in [0.1, 0.15) is 49.7 Å². The van der Waals surface area contributed by atoms with Crippen molar-refractivity contribution in [1.29, 1.82) is 0 Å². The predicted molar refractivity (Wildman–Crippen MR) is 80.2 cm³/mol. The molecule has 0 aromatic carbocycles. The maximum absolute atomic E-state index is 12.5. The Hall–Kier alpha value is -1.43. The van der Waals surface area contributed by atoms with Gasteiger partial charge in [-0.05, 0) is 39.5 Å². The number of carbonyl (C=O) groups is 1. The van der Waals surface area contributed by atoms with E-state index >= 15 is 0 Å². The molecule has 3 N–H and O–H groups in total. The maximum atomic E-state index is 12.5. The van der Waals surface area contributed by atoms with Crippen LogP contribution in [0.2, 0.25) is 0 Å². The Kier molecular flexibility index (Phi) is 3.86. The standard InChI is InChI=1S/C14H21N3O2S/c1-7-5-14(6-7,12(15)20)13(18)16-8(2)11-9(3)17-19-10(11)4/h7-8H,5-6H2,1-4H3,(H2,15,20)(H,16,18). The smallest absolute Gasteiger partial charge is 0.233 e. The minimum atomic E-state index is -0.679. The second-order valence-electron chi connectivity index (χ2n) is 5.89. The second kappa shape index (κ2) is 5.16. The molecule has 2 rings (SSSR count). The van der Waals surface area contributed by atoms with Crippen LogP contribution in [0.4, 0.5) is 0 Å². The summed E-state index contributed by atoms with van der Waals surface area (Å²) < 4.78 is 5.14. The lowest BCUT2D eigenvalue weighted by Crippen LogP contribution is -2.56. The first kappa shape index (κ1) is 15.0. The number of rotatable bonds is 4. The van der Waals surface area contributed by atoms with Gasteiger partial charge >= 0.3 is 0 Å². The van der Waals surface area contributed by atoms with Crippen LogP contribution in [0.3, 0.4) is 0 Å². The summed E-state index contributed by atoms with van der Waals surface area (Å²) in [6, 6.07) is -0.170. The van der Waals surface area contributed by atoms with Crippen LogP contribution in [0.15, 0.2) is 4.52 Å². The SMILES string of the molecule is Cc1noc(C)c1C(C)NC(=O)C1(C(N)=S)CC(C)C1. The van der Waals surface area contributed by atoms with Crippen molar-refractivity contribution in [3.63, 3.8) is 0 Å². The number of hydrogen-bond acceptors (Lipinski definition) is 4. The number of aromatic nitrogens is 1. The molecule has 1 saturated carbocycles. The van der Waals surface area contributed by atoms with E-state index in [9.17, 15) is 4.79 Å². The third-order valence-electron chi connectivity index (χ3n) is 4.17. The number of nitrogens with one attached hydrogen (secondary N) is 1. The predicted octanol–water partition coefficient (Wildman–Crippen LogP) is 2.17. The Labute approximate surface area is 124 Å². The lowest BCUT2D eigenvalue weighted by Gasteiger charge is -2.44. The van der Waals surface area contributed by atoms with Gasteiger partial charge in [0.25, 0.3) is 0 Å². The van der Waals surface area contributed by atoms with Crippen molar-refractivity contribution in [2.45, 2.75) is 46.6 Å². The number of nitrogens with zero attached hydrogens (tertiary/aromatic N) is 1. The summed E-state index contributed by atoms with van der Waals surface area (Å²) in [4.78, 5) is 12.8. The van der Waals surface area contributed by atoms with Crippen molar-refractivity contribution in [2.75, 3.05) is 0 Å². The summed E-state index contributed by atoms with van der Waals surface area (Å²) in [6.07, 6.45) is 1.45. The molecule has 1 aromatic rings. The van der Waals surface area contributed by atoms with Gasteiger partial charge in [-0.3, -0.25) is 4.79 Å². The number of carbonyl (C=O) groups excluding carboxylic acids is 1. The van der Waals surface area contributed by atoms with E-state index in [0.29, 0.717) is 10.9 Å². The van der Waals surface area contributed by atoms with E-state index in [1.165, 1.54) is 0 Å². The Morgan fingerprint density at radius 3 is 2.55 bits per heavy atom. The van der Waals surface area contributed by atoms with Crippen molar-refractivity contribution < 1.29 is 9.32 Å². The van der Waals surface area contributed by atoms with Gasteiger partial charge in [0, 0.05) is 5.56 Å². The molecule has 1 aromatic heterocycles. The number of hydrogen-bond donors (Lipinski definition) is 2. The fourth-order valence-corrected chi connectivity index (χ4v) is 3.40. The van der Waals surface area contributed by atoms with Gasteiger partial charge in [0.15, 0.2) is 0 Å². The van der Waals surface area contributed by atoms with Gasteiger partial charge in [-0.15, -0.1) is 0 Å². The topological polar surface area (TPSA) is 81.2 Å². The van der Waals surface area contributed by atoms with E-state index in [1.54, 1.807) is 0 Å². The van der Waals surface area contributed by atoms with Gasteiger partial charge in [0.1, 0.15) is 5.76 Å². The number of amides is 1. The Bertz CT molecular complexity index is 527. The lowest BCUT2D eigenvalue weighted by atomic mass is 9.62. The monoisotopic (exact) mass is 295 g/mol. The largest absolute Gasteiger partial charge is 0.392 e. The highest BCUT2D eigenvalue weighted by atomic mass is 32.1. The zero-order valence-corrected chi connectivity index (χ0v) is 13.1. The molecule has 1 fully saturated rings. The van der Waals surface area contributed by atoms with Crippen molar-refractivity contribution in [1.82, 2.24) is 10.5 Å². The van der Waals surface area contributed by atoms with Crippen molar-refractivity contribution in [3.05, 3.63) is 17.0 Å². The molecule has 20 heavy (non-hydrogen) atoms. The molecule has 110 valence electrons. The molecule has 1 heterocycles. The van der Waals surface area contributed by atoms with Crippen LogP contribution in [-0.4, -0.2) is 16.1 Å². The van der Waals surface area contributed by atoms with E-state index in [0.717, 1.165) is 29.9 Å². The van der Waals surface area contributed by atoms with Crippen LogP contribution >= 0.6 is 12.2 Å². The molecule has 1 aliphatic rings.